The summed E-state index contributed by atoms with van der Waals surface area (Å²) in [5.41, 5.74) is 5.73. The van der Waals surface area contributed by atoms with Crippen LogP contribution in [-0.2, 0) is 27.2 Å². The number of nitrogens with one attached hydrogen (secondary N) is 1. The maximum atomic E-state index is 13.7. The number of fused-ring (bicyclic) bond motifs is 1. The molecule has 0 aliphatic carbocycles. The number of halogens is 2. The normalized spacial score (nSPS) is 18.7. The molecule has 2 amide bonds. The van der Waals surface area contributed by atoms with Gasteiger partial charge < -0.3 is 15.0 Å². The molecule has 0 spiro atoms. The van der Waals surface area contributed by atoms with Gasteiger partial charge in [-0.05, 0) is 79.1 Å². The van der Waals surface area contributed by atoms with Gasteiger partial charge in [-0.15, -0.1) is 0 Å². The van der Waals surface area contributed by atoms with Gasteiger partial charge in [-0.25, -0.2) is 9.07 Å². The van der Waals surface area contributed by atoms with Crippen LogP contribution in [0.1, 0.15) is 29.8 Å². The van der Waals surface area contributed by atoms with Gasteiger partial charge in [-0.2, -0.15) is 5.10 Å². The van der Waals surface area contributed by atoms with Crippen molar-refractivity contribution < 1.29 is 18.7 Å². The van der Waals surface area contributed by atoms with Gasteiger partial charge in [0, 0.05) is 34.0 Å². The predicted octanol–water partition coefficient (Wildman–Crippen LogP) is 5.42. The highest BCUT2D eigenvalue weighted by Crippen LogP contribution is 2.37. The Bertz CT molecular complexity index is 1530. The topological polar surface area (TPSA) is 76.5 Å². The van der Waals surface area contributed by atoms with Crippen molar-refractivity contribution >= 4 is 33.4 Å². The summed E-state index contributed by atoms with van der Waals surface area (Å²) in [6, 6.07) is 19.8. The number of rotatable bonds is 6. The molecule has 1 saturated heterocycles. The van der Waals surface area contributed by atoms with Crippen LogP contribution in [-0.4, -0.2) is 39.1 Å². The third kappa shape index (κ3) is 4.63. The van der Waals surface area contributed by atoms with Crippen molar-refractivity contribution in [1.82, 2.24) is 14.7 Å². The molecule has 1 aromatic heterocycles. The summed E-state index contributed by atoms with van der Waals surface area (Å²) in [6.07, 6.45) is 1.58. The van der Waals surface area contributed by atoms with Gasteiger partial charge in [0.15, 0.2) is 6.23 Å². The van der Waals surface area contributed by atoms with Gasteiger partial charge in [-0.3, -0.25) is 9.59 Å². The number of hydrogen-bond donors (Lipinski definition) is 1. The number of hydrogen-bond acceptors (Lipinski definition) is 4. The van der Waals surface area contributed by atoms with Crippen molar-refractivity contribution in [3.8, 4) is 16.9 Å². The van der Waals surface area contributed by atoms with E-state index >= 15 is 0 Å². The van der Waals surface area contributed by atoms with E-state index < -0.39 is 12.3 Å². The fraction of sp³-hybridized carbons (Fsp3) is 0.207. The van der Waals surface area contributed by atoms with E-state index in [-0.39, 0.29) is 17.6 Å². The summed E-state index contributed by atoms with van der Waals surface area (Å²) in [5, 5.41) is 7.71. The van der Waals surface area contributed by atoms with E-state index in [1.165, 1.54) is 12.1 Å². The molecule has 0 bridgehead atoms. The van der Waals surface area contributed by atoms with E-state index in [2.05, 4.69) is 21.2 Å². The Balaban J connectivity index is 1.34. The number of nitrogens with zero attached hydrogens (tertiary/aromatic N) is 3. The smallest absolute Gasteiger partial charge is 0.253 e. The molecule has 2 aliphatic heterocycles. The minimum Gasteiger partial charge on any atom is -0.341 e. The molecular formula is C29H24BrFN4O3. The van der Waals surface area contributed by atoms with Crippen LogP contribution in [0, 0.1) is 5.82 Å². The van der Waals surface area contributed by atoms with Crippen LogP contribution in [0.25, 0.3) is 16.9 Å². The molecule has 4 aromatic rings. The lowest BCUT2D eigenvalue weighted by molar-refractivity contribution is -0.130. The standard InChI is InChI=1S/C29H24BrFN4O3/c1-17-28(37)34(13-12-18-2-3-20-15-26(36)32-25(20)14-18)29(38-17)24-16-35(23-10-6-21(30)7-11-23)33-27(24)19-4-8-22(31)9-5-19/h2-11,14,16-17,29H,12-13,15H2,1H3,(H,32,36)/t17-,29-/m1/s1. The Kier molecular flexibility index (Phi) is 6.33. The molecule has 192 valence electrons. The minimum atomic E-state index is -0.657. The first-order chi connectivity index (χ1) is 18.4. The Morgan fingerprint density at radius 2 is 1.84 bits per heavy atom. The SMILES string of the molecule is C[C@H]1O[C@H](c2cn(-c3ccc(Br)cc3)nc2-c2ccc(F)cc2)N(CCc2ccc3c(c2)NC(=O)C3)C1=O. The number of anilines is 1. The zero-order valence-corrected chi connectivity index (χ0v) is 22.1. The molecule has 2 aliphatic rings. The third-order valence-corrected chi connectivity index (χ3v) is 7.43. The molecule has 3 aromatic carbocycles. The van der Waals surface area contributed by atoms with E-state index in [0.717, 1.165) is 38.1 Å². The van der Waals surface area contributed by atoms with Crippen molar-refractivity contribution in [1.29, 1.82) is 0 Å². The molecule has 0 saturated carbocycles. The molecule has 9 heteroatoms. The number of carbonyl (C=O) groups excluding carboxylic acids is 2. The molecule has 2 atom stereocenters. The van der Waals surface area contributed by atoms with Crippen LogP contribution in [0.2, 0.25) is 0 Å². The molecule has 1 N–H and O–H groups in total. The lowest BCUT2D eigenvalue weighted by atomic mass is 10.0. The second-order valence-corrected chi connectivity index (χ2v) is 10.4. The van der Waals surface area contributed by atoms with E-state index in [9.17, 15) is 14.0 Å². The van der Waals surface area contributed by atoms with Crippen LogP contribution >= 0.6 is 15.9 Å². The predicted molar refractivity (Wildman–Crippen MR) is 144 cm³/mol. The lowest BCUT2D eigenvalue weighted by Gasteiger charge is -2.23. The van der Waals surface area contributed by atoms with Gasteiger partial charge in [0.25, 0.3) is 5.91 Å². The van der Waals surface area contributed by atoms with Crippen molar-refractivity contribution in [2.45, 2.75) is 32.1 Å². The molecule has 0 unspecified atom stereocenters. The van der Waals surface area contributed by atoms with Crippen molar-refractivity contribution in [2.24, 2.45) is 0 Å². The summed E-state index contributed by atoms with van der Waals surface area (Å²) in [7, 11) is 0. The van der Waals surface area contributed by atoms with Gasteiger partial charge in [0.05, 0.1) is 12.1 Å². The summed E-state index contributed by atoms with van der Waals surface area (Å²) >= 11 is 3.46. The number of carbonyl (C=O) groups is 2. The van der Waals surface area contributed by atoms with Crippen molar-refractivity contribution in [3.63, 3.8) is 0 Å². The third-order valence-electron chi connectivity index (χ3n) is 6.91. The van der Waals surface area contributed by atoms with Gasteiger partial charge in [0.1, 0.15) is 17.6 Å². The quantitative estimate of drug-likeness (QED) is 0.333. The fourth-order valence-corrected chi connectivity index (χ4v) is 5.20. The molecule has 1 fully saturated rings. The van der Waals surface area contributed by atoms with Crippen molar-refractivity contribution in [3.05, 3.63) is 99.9 Å². The monoisotopic (exact) mass is 574 g/mol. The van der Waals surface area contributed by atoms with E-state index in [0.29, 0.717) is 25.1 Å². The highest BCUT2D eigenvalue weighted by molar-refractivity contribution is 9.10. The molecule has 3 heterocycles. The first-order valence-corrected chi connectivity index (χ1v) is 13.1. The van der Waals surface area contributed by atoms with Crippen LogP contribution in [0.4, 0.5) is 10.1 Å². The Morgan fingerprint density at radius 1 is 1.08 bits per heavy atom. The first kappa shape index (κ1) is 24.5. The van der Waals surface area contributed by atoms with Crippen LogP contribution in [0.3, 0.4) is 0 Å². The Morgan fingerprint density at radius 3 is 2.61 bits per heavy atom. The summed E-state index contributed by atoms with van der Waals surface area (Å²) in [5.74, 6) is -0.452. The lowest BCUT2D eigenvalue weighted by Crippen LogP contribution is -2.32. The summed E-state index contributed by atoms with van der Waals surface area (Å²) in [6.45, 7) is 2.17. The maximum absolute atomic E-state index is 13.7. The Hall–Kier alpha value is -3.82. The second kappa shape index (κ2) is 9.81. The van der Waals surface area contributed by atoms with Crippen molar-refractivity contribution in [2.75, 3.05) is 11.9 Å². The van der Waals surface area contributed by atoms with Gasteiger partial charge in [-0.1, -0.05) is 28.1 Å². The first-order valence-electron chi connectivity index (χ1n) is 12.3. The van der Waals surface area contributed by atoms with E-state index in [1.807, 2.05) is 48.7 Å². The highest BCUT2D eigenvalue weighted by Gasteiger charge is 2.40. The van der Waals surface area contributed by atoms with Crippen LogP contribution < -0.4 is 5.32 Å². The highest BCUT2D eigenvalue weighted by atomic mass is 79.9. The van der Waals surface area contributed by atoms with Crippen LogP contribution in [0.5, 0.6) is 0 Å². The van der Waals surface area contributed by atoms with Crippen LogP contribution in [0.15, 0.2) is 77.4 Å². The number of aromatic nitrogens is 2. The zero-order valence-electron chi connectivity index (χ0n) is 20.5. The zero-order chi connectivity index (χ0) is 26.4. The van der Waals surface area contributed by atoms with E-state index in [1.54, 1.807) is 28.6 Å². The van der Waals surface area contributed by atoms with Gasteiger partial charge >= 0.3 is 0 Å². The molecule has 6 rings (SSSR count). The molecule has 7 nitrogen and oxygen atoms in total. The maximum Gasteiger partial charge on any atom is 0.253 e. The minimum absolute atomic E-state index is 0.00901. The number of ether oxygens (including phenoxy) is 1. The average molecular weight is 575 g/mol. The Labute approximate surface area is 227 Å². The molecule has 0 radical (unpaired) electrons. The number of amides is 2. The molecular weight excluding hydrogens is 551 g/mol. The summed E-state index contributed by atoms with van der Waals surface area (Å²) < 4.78 is 22.6. The average Bonchev–Trinajstić information content (AvgIpc) is 3.58. The van der Waals surface area contributed by atoms with E-state index in [4.69, 9.17) is 9.84 Å². The number of benzene rings is 3. The molecule has 38 heavy (non-hydrogen) atoms. The fourth-order valence-electron chi connectivity index (χ4n) is 4.94. The summed E-state index contributed by atoms with van der Waals surface area (Å²) in [4.78, 5) is 26.7. The second-order valence-electron chi connectivity index (χ2n) is 9.49. The largest absolute Gasteiger partial charge is 0.341 e. The van der Waals surface area contributed by atoms with Gasteiger partial charge in [0.2, 0.25) is 5.91 Å².